The Balaban J connectivity index is 2.30. The van der Waals surface area contributed by atoms with Gasteiger partial charge in [-0.25, -0.2) is 8.42 Å². The lowest BCUT2D eigenvalue weighted by molar-refractivity contribution is -0.144. The largest absolute Gasteiger partial charge is 0.480 e. The molecule has 0 heterocycles. The minimum absolute atomic E-state index is 0.0891. The highest BCUT2D eigenvalue weighted by molar-refractivity contribution is 7.89. The van der Waals surface area contributed by atoms with Crippen molar-refractivity contribution in [1.29, 1.82) is 0 Å². The summed E-state index contributed by atoms with van der Waals surface area (Å²) in [6.45, 7) is 3.29. The quantitative estimate of drug-likeness (QED) is 0.858. The van der Waals surface area contributed by atoms with Crippen LogP contribution in [0.2, 0.25) is 0 Å². The lowest BCUT2D eigenvalue weighted by Gasteiger charge is -2.25. The molecule has 0 saturated heterocycles. The highest BCUT2D eigenvalue weighted by Gasteiger charge is 2.50. The Hall–Kier alpha value is -1.40. The summed E-state index contributed by atoms with van der Waals surface area (Å²) < 4.78 is 26.8. The standard InChI is InChI=1S/C13H17NO4S/c1-9-3-7-11(8-4-9)19(17,18)14-13(2,12(15)16)10-5-6-10/h3-4,7-8,10,14H,5-6H2,1-2H3,(H,15,16). The van der Waals surface area contributed by atoms with Crippen molar-refractivity contribution in [2.24, 2.45) is 5.92 Å². The van der Waals surface area contributed by atoms with E-state index in [2.05, 4.69) is 4.72 Å². The van der Waals surface area contributed by atoms with E-state index in [9.17, 15) is 18.3 Å². The smallest absolute Gasteiger partial charge is 0.324 e. The van der Waals surface area contributed by atoms with E-state index >= 15 is 0 Å². The number of aliphatic carboxylic acids is 1. The third-order valence-corrected chi connectivity index (χ3v) is 5.10. The van der Waals surface area contributed by atoms with Crippen LogP contribution in [0.3, 0.4) is 0 Å². The van der Waals surface area contributed by atoms with E-state index in [0.717, 1.165) is 18.4 Å². The molecule has 1 aliphatic rings. The van der Waals surface area contributed by atoms with Crippen LogP contribution in [-0.4, -0.2) is 25.0 Å². The molecular weight excluding hydrogens is 266 g/mol. The van der Waals surface area contributed by atoms with Crippen molar-refractivity contribution >= 4 is 16.0 Å². The van der Waals surface area contributed by atoms with Crippen LogP contribution in [0.25, 0.3) is 0 Å². The fraction of sp³-hybridized carbons (Fsp3) is 0.462. The summed E-state index contributed by atoms with van der Waals surface area (Å²) in [4.78, 5) is 11.4. The van der Waals surface area contributed by atoms with Crippen molar-refractivity contribution in [2.45, 2.75) is 37.1 Å². The van der Waals surface area contributed by atoms with Crippen LogP contribution >= 0.6 is 0 Å². The van der Waals surface area contributed by atoms with Crippen molar-refractivity contribution in [1.82, 2.24) is 4.72 Å². The van der Waals surface area contributed by atoms with Gasteiger partial charge in [-0.2, -0.15) is 4.72 Å². The van der Waals surface area contributed by atoms with E-state index in [1.54, 1.807) is 12.1 Å². The molecule has 19 heavy (non-hydrogen) atoms. The van der Waals surface area contributed by atoms with Crippen LogP contribution in [0.4, 0.5) is 0 Å². The molecule has 0 aromatic heterocycles. The first-order valence-corrected chi connectivity index (χ1v) is 7.58. The van der Waals surface area contributed by atoms with E-state index < -0.39 is 21.5 Å². The van der Waals surface area contributed by atoms with Gasteiger partial charge in [-0.1, -0.05) is 17.7 Å². The number of benzene rings is 1. The number of sulfonamides is 1. The molecule has 1 aliphatic carbocycles. The summed E-state index contributed by atoms with van der Waals surface area (Å²) in [5, 5.41) is 9.27. The van der Waals surface area contributed by atoms with Gasteiger partial charge in [0.1, 0.15) is 5.54 Å². The summed E-state index contributed by atoms with van der Waals surface area (Å²) in [6.07, 6.45) is 1.47. The van der Waals surface area contributed by atoms with Crippen molar-refractivity contribution in [3.8, 4) is 0 Å². The fourth-order valence-corrected chi connectivity index (χ4v) is 3.44. The van der Waals surface area contributed by atoms with Crippen molar-refractivity contribution in [2.75, 3.05) is 0 Å². The molecule has 0 spiro atoms. The van der Waals surface area contributed by atoms with E-state index in [4.69, 9.17) is 0 Å². The van der Waals surface area contributed by atoms with Crippen LogP contribution < -0.4 is 4.72 Å². The van der Waals surface area contributed by atoms with Gasteiger partial charge in [0, 0.05) is 0 Å². The van der Waals surface area contributed by atoms with Crippen LogP contribution in [0.1, 0.15) is 25.3 Å². The van der Waals surface area contributed by atoms with Gasteiger partial charge in [0.15, 0.2) is 0 Å². The Kier molecular flexibility index (Phi) is 3.40. The second-order valence-corrected chi connectivity index (χ2v) is 6.88. The van der Waals surface area contributed by atoms with Crippen LogP contribution in [0.15, 0.2) is 29.2 Å². The zero-order chi connectivity index (χ0) is 14.3. The predicted octanol–water partition coefficient (Wildman–Crippen LogP) is 1.53. The van der Waals surface area contributed by atoms with Gasteiger partial charge >= 0.3 is 5.97 Å². The van der Waals surface area contributed by atoms with Gasteiger partial charge in [0.05, 0.1) is 4.90 Å². The molecule has 0 amide bonds. The normalized spacial score (nSPS) is 18.8. The van der Waals surface area contributed by atoms with Crippen LogP contribution in [0.5, 0.6) is 0 Å². The van der Waals surface area contributed by atoms with E-state index in [1.165, 1.54) is 19.1 Å². The molecular formula is C13H17NO4S. The number of nitrogens with one attached hydrogen (secondary N) is 1. The SMILES string of the molecule is Cc1ccc(S(=O)(=O)NC(C)(C(=O)O)C2CC2)cc1. The molecule has 0 radical (unpaired) electrons. The van der Waals surface area contributed by atoms with E-state index in [1.807, 2.05) is 6.92 Å². The van der Waals surface area contributed by atoms with Gasteiger partial charge in [-0.05, 0) is 44.7 Å². The molecule has 1 fully saturated rings. The first-order chi connectivity index (χ1) is 8.75. The summed E-state index contributed by atoms with van der Waals surface area (Å²) in [6, 6.07) is 6.33. The Bertz CT molecular complexity index is 590. The number of aryl methyl sites for hydroxylation is 1. The lowest BCUT2D eigenvalue weighted by atomic mass is 9.98. The molecule has 0 bridgehead atoms. The Morgan fingerprint density at radius 1 is 1.32 bits per heavy atom. The van der Waals surface area contributed by atoms with Gasteiger partial charge in [-0.15, -0.1) is 0 Å². The first-order valence-electron chi connectivity index (χ1n) is 6.10. The number of carboxylic acid groups (broad SMARTS) is 1. The molecule has 1 unspecified atom stereocenters. The van der Waals surface area contributed by atoms with Crippen LogP contribution in [0, 0.1) is 12.8 Å². The summed E-state index contributed by atoms with van der Waals surface area (Å²) in [7, 11) is -3.82. The lowest BCUT2D eigenvalue weighted by Crippen LogP contribution is -2.53. The minimum atomic E-state index is -3.82. The molecule has 1 aromatic carbocycles. The second-order valence-electron chi connectivity index (χ2n) is 5.20. The van der Waals surface area contributed by atoms with Crippen molar-refractivity contribution in [3.63, 3.8) is 0 Å². The molecule has 1 aromatic rings. The molecule has 2 N–H and O–H groups in total. The third-order valence-electron chi connectivity index (χ3n) is 3.52. The average molecular weight is 283 g/mol. The monoisotopic (exact) mass is 283 g/mol. The molecule has 1 saturated carbocycles. The number of hydrogen-bond acceptors (Lipinski definition) is 3. The summed E-state index contributed by atoms with van der Waals surface area (Å²) >= 11 is 0. The maximum Gasteiger partial charge on any atom is 0.324 e. The maximum absolute atomic E-state index is 12.2. The highest BCUT2D eigenvalue weighted by Crippen LogP contribution is 2.40. The fourth-order valence-electron chi connectivity index (χ4n) is 2.02. The number of rotatable bonds is 5. The molecule has 2 rings (SSSR count). The Morgan fingerprint density at radius 2 is 1.84 bits per heavy atom. The number of carboxylic acids is 1. The molecule has 0 aliphatic heterocycles. The highest BCUT2D eigenvalue weighted by atomic mass is 32.2. The summed E-state index contributed by atoms with van der Waals surface area (Å²) in [5.41, 5.74) is -0.480. The minimum Gasteiger partial charge on any atom is -0.480 e. The first kappa shape index (κ1) is 14.0. The summed E-state index contributed by atoms with van der Waals surface area (Å²) in [5.74, 6) is -1.27. The van der Waals surface area contributed by atoms with Crippen LogP contribution in [-0.2, 0) is 14.8 Å². The number of carbonyl (C=O) groups is 1. The predicted molar refractivity (Wildman–Crippen MR) is 70.3 cm³/mol. The van der Waals surface area contributed by atoms with Gasteiger partial charge < -0.3 is 5.11 Å². The second kappa shape index (κ2) is 4.61. The zero-order valence-electron chi connectivity index (χ0n) is 10.9. The average Bonchev–Trinajstić information content (AvgIpc) is 3.12. The zero-order valence-corrected chi connectivity index (χ0v) is 11.7. The van der Waals surface area contributed by atoms with Gasteiger partial charge in [0.2, 0.25) is 10.0 Å². The molecule has 1 atom stereocenters. The Morgan fingerprint density at radius 3 is 2.26 bits per heavy atom. The molecule has 5 nitrogen and oxygen atoms in total. The van der Waals surface area contributed by atoms with Crippen molar-refractivity contribution < 1.29 is 18.3 Å². The van der Waals surface area contributed by atoms with E-state index in [0.29, 0.717) is 0 Å². The topological polar surface area (TPSA) is 83.5 Å². The van der Waals surface area contributed by atoms with E-state index in [-0.39, 0.29) is 10.8 Å². The van der Waals surface area contributed by atoms with Crippen molar-refractivity contribution in [3.05, 3.63) is 29.8 Å². The third kappa shape index (κ3) is 2.79. The maximum atomic E-state index is 12.2. The molecule has 6 heteroatoms. The van der Waals surface area contributed by atoms with Gasteiger partial charge in [-0.3, -0.25) is 4.79 Å². The number of hydrogen-bond donors (Lipinski definition) is 2. The molecule has 104 valence electrons. The van der Waals surface area contributed by atoms with Gasteiger partial charge in [0.25, 0.3) is 0 Å². The Labute approximate surface area is 112 Å².